The van der Waals surface area contributed by atoms with Crippen molar-refractivity contribution in [1.82, 2.24) is 20.8 Å². The first-order valence-corrected chi connectivity index (χ1v) is 10.9. The van der Waals surface area contributed by atoms with E-state index in [9.17, 15) is 9.59 Å². The maximum absolute atomic E-state index is 12.2. The predicted molar refractivity (Wildman–Crippen MR) is 117 cm³/mol. The minimum absolute atomic E-state index is 0.0626. The van der Waals surface area contributed by atoms with Crippen molar-refractivity contribution in [3.63, 3.8) is 0 Å². The van der Waals surface area contributed by atoms with Crippen LogP contribution in [0.25, 0.3) is 0 Å². The molecule has 2 amide bonds. The molecule has 1 aliphatic heterocycles. The average Bonchev–Trinajstić information content (AvgIpc) is 3.33. The van der Waals surface area contributed by atoms with Gasteiger partial charge in [-0.2, -0.15) is 0 Å². The summed E-state index contributed by atoms with van der Waals surface area (Å²) in [6.07, 6.45) is 2.53. The third-order valence-corrected chi connectivity index (χ3v) is 5.50. The summed E-state index contributed by atoms with van der Waals surface area (Å²) in [5.74, 6) is 0.554. The summed E-state index contributed by atoms with van der Waals surface area (Å²) in [7, 11) is 0. The molecular weight excluding hydrogens is 396 g/mol. The molecule has 1 aliphatic rings. The molecule has 1 saturated heterocycles. The van der Waals surface area contributed by atoms with Crippen LogP contribution in [0.15, 0.2) is 30.3 Å². The van der Waals surface area contributed by atoms with Gasteiger partial charge in [0, 0.05) is 25.6 Å². The van der Waals surface area contributed by atoms with E-state index in [1.165, 1.54) is 0 Å². The van der Waals surface area contributed by atoms with E-state index in [-0.39, 0.29) is 24.0 Å². The van der Waals surface area contributed by atoms with Crippen LogP contribution in [0, 0.1) is 5.92 Å². The summed E-state index contributed by atoms with van der Waals surface area (Å²) in [5, 5.41) is 12.5. The zero-order valence-electron chi connectivity index (χ0n) is 18.4. The second-order valence-electron chi connectivity index (χ2n) is 8.00. The molecule has 0 radical (unpaired) electrons. The van der Waals surface area contributed by atoms with Crippen LogP contribution >= 0.6 is 0 Å². The van der Waals surface area contributed by atoms with Crippen molar-refractivity contribution >= 4 is 11.8 Å². The number of nitrogens with zero attached hydrogens (tertiary/aromatic N) is 1. The highest BCUT2D eigenvalue weighted by atomic mass is 16.5. The second-order valence-corrected chi connectivity index (χ2v) is 8.00. The van der Waals surface area contributed by atoms with E-state index in [0.29, 0.717) is 50.0 Å². The van der Waals surface area contributed by atoms with Crippen molar-refractivity contribution in [3.8, 4) is 5.88 Å². The number of carbonyl (C=O) groups excluding carboxylic acids is 2. The Bertz CT molecular complexity index is 865. The van der Waals surface area contributed by atoms with E-state index in [1.54, 1.807) is 6.07 Å². The summed E-state index contributed by atoms with van der Waals surface area (Å²) < 4.78 is 11.0. The molecule has 3 N–H and O–H groups in total. The summed E-state index contributed by atoms with van der Waals surface area (Å²) in [4.78, 5) is 24.4. The molecule has 0 aliphatic carbocycles. The standard InChI is InChI=1S/C23H32N4O4/c1-4-30-22-13-20(26-27-22)23(29)24-10-9-17-5-7-18(8-6-17)14-25-21(28)12-19-11-15(2)31-16(19)3/h5-8,13,15-16,19H,4,9-12,14H2,1-3H3,(H,24,29)(H,25,28)(H,26,27). The van der Waals surface area contributed by atoms with E-state index in [0.717, 1.165) is 17.5 Å². The van der Waals surface area contributed by atoms with Gasteiger partial charge in [-0.15, -0.1) is 5.10 Å². The zero-order chi connectivity index (χ0) is 22.2. The number of benzene rings is 1. The molecule has 8 nitrogen and oxygen atoms in total. The van der Waals surface area contributed by atoms with E-state index < -0.39 is 0 Å². The molecule has 1 aromatic carbocycles. The van der Waals surface area contributed by atoms with Crippen LogP contribution in [0.4, 0.5) is 0 Å². The topological polar surface area (TPSA) is 105 Å². The van der Waals surface area contributed by atoms with Crippen molar-refractivity contribution in [1.29, 1.82) is 0 Å². The first kappa shape index (κ1) is 22.8. The number of rotatable bonds is 10. The van der Waals surface area contributed by atoms with Crippen LogP contribution < -0.4 is 15.4 Å². The van der Waals surface area contributed by atoms with Crippen LogP contribution in [0.1, 0.15) is 55.2 Å². The number of carbonyl (C=O) groups is 2. The highest BCUT2D eigenvalue weighted by Gasteiger charge is 2.30. The fraction of sp³-hybridized carbons (Fsp3) is 0.522. The van der Waals surface area contributed by atoms with Crippen molar-refractivity contribution in [2.45, 2.75) is 58.8 Å². The second kappa shape index (κ2) is 10.9. The van der Waals surface area contributed by atoms with Gasteiger partial charge in [0.1, 0.15) is 5.69 Å². The van der Waals surface area contributed by atoms with Gasteiger partial charge in [0.25, 0.3) is 5.91 Å². The van der Waals surface area contributed by atoms with Gasteiger partial charge in [-0.25, -0.2) is 0 Å². The summed E-state index contributed by atoms with van der Waals surface area (Å²) in [5.41, 5.74) is 2.54. The van der Waals surface area contributed by atoms with Crippen LogP contribution in [0.2, 0.25) is 0 Å². The molecule has 3 atom stereocenters. The molecule has 3 unspecified atom stereocenters. The maximum atomic E-state index is 12.2. The van der Waals surface area contributed by atoms with Crippen LogP contribution in [-0.2, 0) is 22.5 Å². The van der Waals surface area contributed by atoms with Gasteiger partial charge in [0.05, 0.1) is 18.8 Å². The lowest BCUT2D eigenvalue weighted by molar-refractivity contribution is -0.122. The number of aromatic amines is 1. The first-order chi connectivity index (χ1) is 14.9. The Kier molecular flexibility index (Phi) is 8.06. The first-order valence-electron chi connectivity index (χ1n) is 10.9. The molecular formula is C23H32N4O4. The Balaban J connectivity index is 1.36. The smallest absolute Gasteiger partial charge is 0.269 e. The lowest BCUT2D eigenvalue weighted by Gasteiger charge is -2.13. The number of amides is 2. The molecule has 0 spiro atoms. The quantitative estimate of drug-likeness (QED) is 0.539. The third kappa shape index (κ3) is 6.82. The van der Waals surface area contributed by atoms with Crippen LogP contribution in [0.3, 0.4) is 0 Å². The Morgan fingerprint density at radius 2 is 1.94 bits per heavy atom. The Morgan fingerprint density at radius 3 is 2.61 bits per heavy atom. The largest absolute Gasteiger partial charge is 0.477 e. The summed E-state index contributed by atoms with van der Waals surface area (Å²) in [6.45, 7) is 7.47. The molecule has 0 bridgehead atoms. The van der Waals surface area contributed by atoms with E-state index >= 15 is 0 Å². The highest BCUT2D eigenvalue weighted by Crippen LogP contribution is 2.28. The van der Waals surface area contributed by atoms with Gasteiger partial charge in [0.2, 0.25) is 11.8 Å². The molecule has 1 fully saturated rings. The predicted octanol–water partition coefficient (Wildman–Crippen LogP) is 2.60. The minimum atomic E-state index is -0.214. The number of H-pyrrole nitrogens is 1. The Labute approximate surface area is 183 Å². The number of hydrogen-bond donors (Lipinski definition) is 3. The van der Waals surface area contributed by atoms with Gasteiger partial charge in [0.15, 0.2) is 0 Å². The van der Waals surface area contributed by atoms with Gasteiger partial charge >= 0.3 is 0 Å². The molecule has 168 valence electrons. The average molecular weight is 429 g/mol. The highest BCUT2D eigenvalue weighted by molar-refractivity contribution is 5.92. The molecule has 1 aromatic heterocycles. The number of hydrogen-bond acceptors (Lipinski definition) is 5. The van der Waals surface area contributed by atoms with Crippen molar-refractivity contribution in [3.05, 3.63) is 47.2 Å². The third-order valence-electron chi connectivity index (χ3n) is 5.50. The maximum Gasteiger partial charge on any atom is 0.269 e. The lowest BCUT2D eigenvalue weighted by atomic mass is 9.96. The molecule has 31 heavy (non-hydrogen) atoms. The van der Waals surface area contributed by atoms with E-state index in [1.807, 2.05) is 38.1 Å². The summed E-state index contributed by atoms with van der Waals surface area (Å²) >= 11 is 0. The number of ether oxygens (including phenoxy) is 2. The molecule has 3 rings (SSSR count). The van der Waals surface area contributed by atoms with Crippen LogP contribution in [0.5, 0.6) is 5.88 Å². The van der Waals surface area contributed by atoms with E-state index in [2.05, 4.69) is 27.8 Å². The Morgan fingerprint density at radius 1 is 1.19 bits per heavy atom. The van der Waals surface area contributed by atoms with Crippen molar-refractivity contribution in [2.24, 2.45) is 5.92 Å². The minimum Gasteiger partial charge on any atom is -0.477 e. The SMILES string of the molecule is CCOc1cc(C(=O)NCCc2ccc(CNC(=O)CC3CC(C)OC3C)cc2)[nH]n1. The Hall–Kier alpha value is -2.87. The number of nitrogens with one attached hydrogen (secondary N) is 3. The van der Waals surface area contributed by atoms with Gasteiger partial charge in [-0.3, -0.25) is 14.7 Å². The van der Waals surface area contributed by atoms with Crippen molar-refractivity contribution < 1.29 is 19.1 Å². The van der Waals surface area contributed by atoms with Gasteiger partial charge in [-0.05, 0) is 50.7 Å². The number of aromatic nitrogens is 2. The van der Waals surface area contributed by atoms with Crippen molar-refractivity contribution in [2.75, 3.05) is 13.2 Å². The van der Waals surface area contributed by atoms with Crippen LogP contribution in [-0.4, -0.2) is 47.4 Å². The monoisotopic (exact) mass is 428 g/mol. The lowest BCUT2D eigenvalue weighted by Crippen LogP contribution is -2.27. The molecule has 0 saturated carbocycles. The molecule has 2 aromatic rings. The fourth-order valence-electron chi connectivity index (χ4n) is 3.79. The van der Waals surface area contributed by atoms with Gasteiger partial charge in [-0.1, -0.05) is 24.3 Å². The van der Waals surface area contributed by atoms with E-state index in [4.69, 9.17) is 9.47 Å². The normalized spacial score (nSPS) is 20.4. The van der Waals surface area contributed by atoms with Gasteiger partial charge < -0.3 is 20.1 Å². The fourth-order valence-corrected chi connectivity index (χ4v) is 3.79. The molecule has 8 heteroatoms. The zero-order valence-corrected chi connectivity index (χ0v) is 18.4. The summed E-state index contributed by atoms with van der Waals surface area (Å²) in [6, 6.07) is 9.63. The molecule has 2 heterocycles.